The van der Waals surface area contributed by atoms with Crippen molar-refractivity contribution in [2.75, 3.05) is 14.2 Å². The summed E-state index contributed by atoms with van der Waals surface area (Å²) in [4.78, 5) is 27.0. The number of carbonyl (C=O) groups is 2. The van der Waals surface area contributed by atoms with Crippen LogP contribution in [0, 0.1) is 12.8 Å². The summed E-state index contributed by atoms with van der Waals surface area (Å²) in [6, 6.07) is 13.7. The van der Waals surface area contributed by atoms with E-state index >= 15 is 0 Å². The molecular formula is C29H33NO5. The van der Waals surface area contributed by atoms with Gasteiger partial charge in [-0.25, -0.2) is 0 Å². The number of ether oxygens (including phenoxy) is 3. The van der Waals surface area contributed by atoms with Gasteiger partial charge in [0.25, 0.3) is 0 Å². The number of benzene rings is 2. The molecule has 1 heterocycles. The lowest BCUT2D eigenvalue weighted by molar-refractivity contribution is -0.151. The zero-order chi connectivity index (χ0) is 25.3. The first-order chi connectivity index (χ1) is 16.7. The summed E-state index contributed by atoms with van der Waals surface area (Å²) in [7, 11) is 3.20. The van der Waals surface area contributed by atoms with Gasteiger partial charge in [0.1, 0.15) is 5.92 Å². The summed E-state index contributed by atoms with van der Waals surface area (Å²) in [5.74, 6) is -0.211. The molecule has 0 radical (unpaired) electrons. The monoisotopic (exact) mass is 475 g/mol. The molecule has 1 aliphatic heterocycles. The van der Waals surface area contributed by atoms with Crippen LogP contribution in [0.5, 0.6) is 11.5 Å². The van der Waals surface area contributed by atoms with Crippen LogP contribution in [0.4, 0.5) is 0 Å². The summed E-state index contributed by atoms with van der Waals surface area (Å²) in [5, 5.41) is 3.33. The van der Waals surface area contributed by atoms with Crippen molar-refractivity contribution in [1.82, 2.24) is 5.32 Å². The molecule has 184 valence electrons. The molecule has 0 fully saturated rings. The maximum absolute atomic E-state index is 13.7. The Hall–Kier alpha value is -3.54. The lowest BCUT2D eigenvalue weighted by atomic mass is 9.68. The standard InChI is InChI=1S/C29H33NO5/c1-16(2)35-29(32)26-18(4)30-22-13-20(19-11-12-24(33-5)25(15-19)34-6)14-23(31)28(22)27(26)21-10-8-7-9-17(21)3/h7-12,15-16,20,26-27,30H,4,13-14H2,1-3,5-6H3. The summed E-state index contributed by atoms with van der Waals surface area (Å²) < 4.78 is 16.4. The molecule has 1 N–H and O–H groups in total. The molecule has 0 amide bonds. The van der Waals surface area contributed by atoms with Crippen molar-refractivity contribution < 1.29 is 23.8 Å². The number of esters is 1. The van der Waals surface area contributed by atoms with Crippen molar-refractivity contribution in [3.63, 3.8) is 0 Å². The molecule has 0 saturated heterocycles. The Bertz CT molecular complexity index is 1200. The maximum atomic E-state index is 13.7. The van der Waals surface area contributed by atoms with Gasteiger partial charge >= 0.3 is 5.97 Å². The molecule has 3 unspecified atom stereocenters. The van der Waals surface area contributed by atoms with Crippen LogP contribution in [0.2, 0.25) is 0 Å². The Morgan fingerprint density at radius 1 is 1.06 bits per heavy atom. The highest BCUT2D eigenvalue weighted by molar-refractivity contribution is 6.01. The topological polar surface area (TPSA) is 73.9 Å². The van der Waals surface area contributed by atoms with E-state index in [0.717, 1.165) is 22.4 Å². The second-order valence-electron chi connectivity index (χ2n) is 9.48. The average molecular weight is 476 g/mol. The van der Waals surface area contributed by atoms with E-state index in [1.54, 1.807) is 14.2 Å². The molecule has 0 saturated carbocycles. The van der Waals surface area contributed by atoms with E-state index in [4.69, 9.17) is 14.2 Å². The molecule has 2 aliphatic rings. The fourth-order valence-electron chi connectivity index (χ4n) is 5.25. The molecule has 0 spiro atoms. The third-order valence-corrected chi connectivity index (χ3v) is 6.85. The number of hydrogen-bond acceptors (Lipinski definition) is 6. The molecule has 6 nitrogen and oxygen atoms in total. The maximum Gasteiger partial charge on any atom is 0.316 e. The average Bonchev–Trinajstić information content (AvgIpc) is 2.82. The van der Waals surface area contributed by atoms with Crippen LogP contribution < -0.4 is 14.8 Å². The van der Waals surface area contributed by atoms with Gasteiger partial charge in [-0.3, -0.25) is 9.59 Å². The zero-order valence-corrected chi connectivity index (χ0v) is 21.0. The number of aryl methyl sites for hydroxylation is 1. The van der Waals surface area contributed by atoms with Gasteiger partial charge in [0, 0.05) is 29.3 Å². The van der Waals surface area contributed by atoms with Crippen LogP contribution in [-0.4, -0.2) is 32.1 Å². The van der Waals surface area contributed by atoms with Crippen molar-refractivity contribution >= 4 is 11.8 Å². The Kier molecular flexibility index (Phi) is 7.01. The second-order valence-corrected chi connectivity index (χ2v) is 9.48. The van der Waals surface area contributed by atoms with Crippen LogP contribution in [0.15, 0.2) is 66.0 Å². The molecule has 35 heavy (non-hydrogen) atoms. The number of carbonyl (C=O) groups excluding carboxylic acids is 2. The van der Waals surface area contributed by atoms with Crippen molar-refractivity contribution in [1.29, 1.82) is 0 Å². The Labute approximate surface area is 207 Å². The number of Topliss-reactive ketones (excluding diaryl/α,β-unsaturated/α-hetero) is 1. The summed E-state index contributed by atoms with van der Waals surface area (Å²) in [5.41, 5.74) is 5.02. The first kappa shape index (κ1) is 24.6. The molecule has 0 aromatic heterocycles. The van der Waals surface area contributed by atoms with Gasteiger partial charge in [-0.05, 0) is 61.9 Å². The lowest BCUT2D eigenvalue weighted by Gasteiger charge is -2.40. The van der Waals surface area contributed by atoms with E-state index < -0.39 is 11.8 Å². The number of ketones is 1. The summed E-state index contributed by atoms with van der Waals surface area (Å²) >= 11 is 0. The Morgan fingerprint density at radius 2 is 1.77 bits per heavy atom. The van der Waals surface area contributed by atoms with Gasteiger partial charge in [0.05, 0.1) is 20.3 Å². The molecule has 4 rings (SSSR count). The van der Waals surface area contributed by atoms with Crippen LogP contribution in [0.25, 0.3) is 0 Å². The second kappa shape index (κ2) is 9.98. The van der Waals surface area contributed by atoms with E-state index in [-0.39, 0.29) is 23.8 Å². The van der Waals surface area contributed by atoms with Gasteiger partial charge in [0.2, 0.25) is 0 Å². The smallest absolute Gasteiger partial charge is 0.316 e. The highest BCUT2D eigenvalue weighted by Gasteiger charge is 2.46. The predicted molar refractivity (Wildman–Crippen MR) is 134 cm³/mol. The number of allylic oxidation sites excluding steroid dienone is 2. The third kappa shape index (κ3) is 4.70. The molecule has 2 aromatic carbocycles. The number of hydrogen-bond donors (Lipinski definition) is 1. The van der Waals surface area contributed by atoms with Gasteiger partial charge in [-0.2, -0.15) is 0 Å². The number of nitrogens with one attached hydrogen (secondary N) is 1. The molecule has 2 aromatic rings. The highest BCUT2D eigenvalue weighted by Crippen LogP contribution is 2.48. The quantitative estimate of drug-likeness (QED) is 0.581. The van der Waals surface area contributed by atoms with Crippen molar-refractivity contribution in [3.05, 3.63) is 82.7 Å². The van der Waals surface area contributed by atoms with Crippen molar-refractivity contribution in [2.45, 2.75) is 51.6 Å². The van der Waals surface area contributed by atoms with Crippen molar-refractivity contribution in [3.8, 4) is 11.5 Å². The van der Waals surface area contributed by atoms with Crippen LogP contribution in [0.1, 0.15) is 55.2 Å². The minimum absolute atomic E-state index is 0.0293. The molecule has 6 heteroatoms. The highest BCUT2D eigenvalue weighted by atomic mass is 16.5. The first-order valence-electron chi connectivity index (χ1n) is 11.9. The van der Waals surface area contributed by atoms with E-state index in [0.29, 0.717) is 35.6 Å². The fourth-order valence-corrected chi connectivity index (χ4v) is 5.25. The van der Waals surface area contributed by atoms with Gasteiger partial charge in [-0.15, -0.1) is 0 Å². The van der Waals surface area contributed by atoms with Crippen LogP contribution in [0.3, 0.4) is 0 Å². The summed E-state index contributed by atoms with van der Waals surface area (Å²) in [6.07, 6.45) is 0.709. The molecular weight excluding hydrogens is 442 g/mol. The van der Waals surface area contributed by atoms with E-state index in [1.807, 2.05) is 63.2 Å². The number of methoxy groups -OCH3 is 2. The van der Waals surface area contributed by atoms with E-state index in [9.17, 15) is 9.59 Å². The largest absolute Gasteiger partial charge is 0.493 e. The van der Waals surface area contributed by atoms with Gasteiger partial charge in [0.15, 0.2) is 17.3 Å². The zero-order valence-electron chi connectivity index (χ0n) is 21.0. The normalized spacial score (nSPS) is 21.9. The minimum Gasteiger partial charge on any atom is -0.493 e. The third-order valence-electron chi connectivity index (χ3n) is 6.85. The van der Waals surface area contributed by atoms with Crippen LogP contribution >= 0.6 is 0 Å². The fraction of sp³-hybridized carbons (Fsp3) is 0.379. The lowest BCUT2D eigenvalue weighted by Crippen LogP contribution is -2.42. The Balaban J connectivity index is 1.78. The first-order valence-corrected chi connectivity index (χ1v) is 11.9. The van der Waals surface area contributed by atoms with E-state index in [2.05, 4.69) is 11.9 Å². The van der Waals surface area contributed by atoms with Crippen LogP contribution in [-0.2, 0) is 14.3 Å². The predicted octanol–water partition coefficient (Wildman–Crippen LogP) is 5.18. The van der Waals surface area contributed by atoms with Gasteiger partial charge in [-0.1, -0.05) is 36.9 Å². The van der Waals surface area contributed by atoms with E-state index in [1.165, 1.54) is 0 Å². The molecule has 3 atom stereocenters. The molecule has 0 bridgehead atoms. The molecule has 1 aliphatic carbocycles. The van der Waals surface area contributed by atoms with Crippen molar-refractivity contribution in [2.24, 2.45) is 5.92 Å². The Morgan fingerprint density at radius 3 is 2.43 bits per heavy atom. The van der Waals surface area contributed by atoms with Gasteiger partial charge < -0.3 is 19.5 Å². The summed E-state index contributed by atoms with van der Waals surface area (Å²) in [6.45, 7) is 9.85. The minimum atomic E-state index is -0.682. The SMILES string of the molecule is C=C1NC2=C(C(=O)CC(c3ccc(OC)c(OC)c3)C2)C(c2ccccc2C)C1C(=O)OC(C)C. The number of rotatable bonds is 6.